The molecule has 2 aromatic rings. The average molecular weight is 332 g/mol. The van der Waals surface area contributed by atoms with Crippen LogP contribution in [-0.2, 0) is 6.42 Å². The third-order valence-corrected chi connectivity index (χ3v) is 3.81. The number of H-pyrrole nitrogens is 1. The summed E-state index contributed by atoms with van der Waals surface area (Å²) >= 11 is 0. The lowest BCUT2D eigenvalue weighted by molar-refractivity contribution is -0.0498. The Bertz CT molecular complexity index is 822. The van der Waals surface area contributed by atoms with Gasteiger partial charge in [0, 0.05) is 11.3 Å². The van der Waals surface area contributed by atoms with Crippen molar-refractivity contribution in [1.82, 2.24) is 10.2 Å². The van der Waals surface area contributed by atoms with Gasteiger partial charge in [-0.1, -0.05) is 19.1 Å². The minimum absolute atomic E-state index is 0.0166. The van der Waals surface area contributed by atoms with E-state index in [1.165, 1.54) is 12.1 Å². The summed E-state index contributed by atoms with van der Waals surface area (Å²) < 4.78 is 34.3. The highest BCUT2D eigenvalue weighted by atomic mass is 19.3. The Balaban J connectivity index is 2.07. The molecule has 2 heterocycles. The third kappa shape index (κ3) is 2.65. The van der Waals surface area contributed by atoms with Crippen LogP contribution in [0.15, 0.2) is 35.7 Å². The number of alkyl halides is 2. The molecule has 1 aromatic carbocycles. The van der Waals surface area contributed by atoms with Gasteiger partial charge in [-0.05, 0) is 24.1 Å². The number of aromatic amines is 1. The van der Waals surface area contributed by atoms with Crippen LogP contribution in [0.1, 0.15) is 29.7 Å². The number of ether oxygens (including phenoxy) is 2. The molecular weight excluding hydrogens is 318 g/mol. The van der Waals surface area contributed by atoms with Crippen LogP contribution in [0.4, 0.5) is 8.78 Å². The minimum Gasteiger partial charge on any atom is -0.435 e. The first-order chi connectivity index (χ1) is 11.5. The summed E-state index contributed by atoms with van der Waals surface area (Å²) in [5, 5.41) is 16.4. The van der Waals surface area contributed by atoms with Gasteiger partial charge in [0.05, 0.1) is 5.92 Å². The summed E-state index contributed by atoms with van der Waals surface area (Å²) in [6.45, 7) is -0.950. The Labute approximate surface area is 136 Å². The van der Waals surface area contributed by atoms with Crippen molar-refractivity contribution in [3.63, 3.8) is 0 Å². The zero-order valence-corrected chi connectivity index (χ0v) is 12.7. The molecule has 0 aliphatic carbocycles. The number of hydrogen-bond acceptors (Lipinski definition) is 5. The van der Waals surface area contributed by atoms with Gasteiger partial charge in [0.2, 0.25) is 11.8 Å². The molecule has 0 amide bonds. The van der Waals surface area contributed by atoms with Gasteiger partial charge in [-0.15, -0.1) is 5.10 Å². The fourth-order valence-electron chi connectivity index (χ4n) is 2.75. The summed E-state index contributed by atoms with van der Waals surface area (Å²) in [6, 6.07) is 8.16. The summed E-state index contributed by atoms with van der Waals surface area (Å²) in [4.78, 5) is 0. The second-order valence-corrected chi connectivity index (χ2v) is 5.15. The molecule has 1 aliphatic heterocycles. The number of halogens is 2. The van der Waals surface area contributed by atoms with E-state index >= 15 is 0 Å². The highest BCUT2D eigenvalue weighted by Crippen LogP contribution is 2.43. The lowest BCUT2D eigenvalue weighted by Gasteiger charge is -2.24. The zero-order chi connectivity index (χ0) is 17.3. The molecule has 0 bridgehead atoms. The summed E-state index contributed by atoms with van der Waals surface area (Å²) in [5.41, 5.74) is 8.34. The Morgan fingerprint density at radius 3 is 2.71 bits per heavy atom. The predicted molar refractivity (Wildman–Crippen MR) is 80.3 cm³/mol. The monoisotopic (exact) mass is 332 g/mol. The van der Waals surface area contributed by atoms with Crippen molar-refractivity contribution in [1.29, 1.82) is 5.26 Å². The largest absolute Gasteiger partial charge is 0.435 e. The van der Waals surface area contributed by atoms with E-state index in [2.05, 4.69) is 21.0 Å². The van der Waals surface area contributed by atoms with Gasteiger partial charge in [0.1, 0.15) is 17.4 Å². The molecule has 0 unspecified atom stereocenters. The van der Waals surface area contributed by atoms with Crippen LogP contribution in [0, 0.1) is 11.3 Å². The van der Waals surface area contributed by atoms with E-state index in [1.807, 2.05) is 6.92 Å². The van der Waals surface area contributed by atoms with Gasteiger partial charge in [-0.2, -0.15) is 14.0 Å². The molecule has 1 aliphatic rings. The molecule has 8 heteroatoms. The van der Waals surface area contributed by atoms with E-state index in [-0.39, 0.29) is 17.2 Å². The fourth-order valence-corrected chi connectivity index (χ4v) is 2.75. The van der Waals surface area contributed by atoms with E-state index < -0.39 is 12.5 Å². The van der Waals surface area contributed by atoms with Crippen LogP contribution in [0.2, 0.25) is 0 Å². The molecule has 0 saturated carbocycles. The van der Waals surface area contributed by atoms with Crippen LogP contribution in [0.5, 0.6) is 11.6 Å². The van der Waals surface area contributed by atoms with E-state index in [0.29, 0.717) is 17.9 Å². The highest BCUT2D eigenvalue weighted by Gasteiger charge is 2.34. The Morgan fingerprint density at radius 2 is 2.12 bits per heavy atom. The van der Waals surface area contributed by atoms with Crippen molar-refractivity contribution in [2.24, 2.45) is 5.73 Å². The number of nitrogens with zero attached hydrogens (tertiary/aromatic N) is 2. The number of benzene rings is 1. The molecule has 0 spiro atoms. The van der Waals surface area contributed by atoms with Gasteiger partial charge in [0.15, 0.2) is 0 Å². The van der Waals surface area contributed by atoms with Gasteiger partial charge in [-0.3, -0.25) is 5.10 Å². The first kappa shape index (κ1) is 15.8. The molecule has 3 N–H and O–H groups in total. The second kappa shape index (κ2) is 6.20. The molecule has 0 saturated heterocycles. The van der Waals surface area contributed by atoms with Crippen LogP contribution >= 0.6 is 0 Å². The normalized spacial score (nSPS) is 16.5. The zero-order valence-electron chi connectivity index (χ0n) is 12.7. The van der Waals surface area contributed by atoms with Crippen LogP contribution < -0.4 is 15.2 Å². The first-order valence-electron chi connectivity index (χ1n) is 7.24. The maximum absolute atomic E-state index is 12.3. The molecule has 124 valence electrons. The topological polar surface area (TPSA) is 97.0 Å². The number of nitriles is 1. The van der Waals surface area contributed by atoms with Gasteiger partial charge < -0.3 is 15.2 Å². The van der Waals surface area contributed by atoms with Crippen molar-refractivity contribution in [2.75, 3.05) is 0 Å². The maximum Gasteiger partial charge on any atom is 0.387 e. The summed E-state index contributed by atoms with van der Waals surface area (Å²) in [5.74, 6) is -0.134. The van der Waals surface area contributed by atoms with Crippen LogP contribution in [0.25, 0.3) is 0 Å². The van der Waals surface area contributed by atoms with Gasteiger partial charge in [0.25, 0.3) is 0 Å². The molecule has 24 heavy (non-hydrogen) atoms. The summed E-state index contributed by atoms with van der Waals surface area (Å²) in [6.07, 6.45) is 0.660. The van der Waals surface area contributed by atoms with E-state index in [1.54, 1.807) is 12.1 Å². The van der Waals surface area contributed by atoms with E-state index in [4.69, 9.17) is 10.5 Å². The number of nitrogens with one attached hydrogen (secondary N) is 1. The van der Waals surface area contributed by atoms with Crippen molar-refractivity contribution >= 4 is 0 Å². The molecule has 1 aromatic heterocycles. The second-order valence-electron chi connectivity index (χ2n) is 5.15. The molecule has 0 radical (unpaired) electrons. The van der Waals surface area contributed by atoms with E-state index in [0.717, 1.165) is 11.3 Å². The number of allylic oxidation sites excluding steroid dienone is 1. The minimum atomic E-state index is -2.89. The quantitative estimate of drug-likeness (QED) is 0.897. The molecule has 6 nitrogen and oxygen atoms in total. The van der Waals surface area contributed by atoms with E-state index in [9.17, 15) is 14.0 Å². The maximum atomic E-state index is 12.3. The number of nitrogens with two attached hydrogens (primary N) is 1. The predicted octanol–water partition coefficient (Wildman–Crippen LogP) is 2.79. The Hall–Kier alpha value is -3.08. The number of aromatic nitrogens is 2. The lowest BCUT2D eigenvalue weighted by atomic mass is 9.83. The van der Waals surface area contributed by atoms with Crippen molar-refractivity contribution < 1.29 is 18.3 Å². The molecule has 3 rings (SSSR count). The standard InChI is InChI=1S/C16H14F2N4O2/c1-2-11-13-12(8-3-5-9(6-4-8)23-16(17)18)10(7-19)14(20)24-15(13)22-21-11/h3-6,12,16H,2,20H2,1H3,(H,21,22)/t12-/m0/s1. The van der Waals surface area contributed by atoms with Crippen molar-refractivity contribution in [2.45, 2.75) is 25.9 Å². The molecule has 1 atom stereocenters. The van der Waals surface area contributed by atoms with Crippen LogP contribution in [0.3, 0.4) is 0 Å². The fraction of sp³-hybridized carbons (Fsp3) is 0.250. The lowest BCUT2D eigenvalue weighted by Crippen LogP contribution is -2.21. The van der Waals surface area contributed by atoms with Crippen LogP contribution in [-0.4, -0.2) is 16.8 Å². The van der Waals surface area contributed by atoms with Gasteiger partial charge >= 0.3 is 6.61 Å². The summed E-state index contributed by atoms with van der Waals surface area (Å²) in [7, 11) is 0. The molecular formula is C16H14F2N4O2. The van der Waals surface area contributed by atoms with Crippen molar-refractivity contribution in [3.8, 4) is 17.7 Å². The first-order valence-corrected chi connectivity index (χ1v) is 7.24. The van der Waals surface area contributed by atoms with Gasteiger partial charge in [-0.25, -0.2) is 0 Å². The molecule has 0 fully saturated rings. The number of aryl methyl sites for hydroxylation is 1. The van der Waals surface area contributed by atoms with Crippen molar-refractivity contribution in [3.05, 3.63) is 52.5 Å². The number of hydrogen-bond donors (Lipinski definition) is 2. The Morgan fingerprint density at radius 1 is 1.42 bits per heavy atom. The smallest absolute Gasteiger partial charge is 0.387 e. The average Bonchev–Trinajstić information content (AvgIpc) is 2.96. The highest BCUT2D eigenvalue weighted by molar-refractivity contribution is 5.55. The number of fused-ring (bicyclic) bond motifs is 1. The SMILES string of the molecule is CCc1[nH]nc2c1[C@@H](c1ccc(OC(F)F)cc1)C(C#N)=C(N)O2. The third-order valence-electron chi connectivity index (χ3n) is 3.81. The number of rotatable bonds is 4. The Kier molecular flexibility index (Phi) is 4.08.